The number of carbonyl (C=O) groups is 2. The van der Waals surface area contributed by atoms with Gasteiger partial charge in [0.25, 0.3) is 5.91 Å². The second-order valence-corrected chi connectivity index (χ2v) is 6.64. The zero-order valence-corrected chi connectivity index (χ0v) is 13.1. The molecule has 1 aromatic rings. The molecule has 8 heteroatoms. The van der Waals surface area contributed by atoms with Gasteiger partial charge in [0.2, 0.25) is 5.82 Å². The smallest absolute Gasteiger partial charge is 0.305 e. The summed E-state index contributed by atoms with van der Waals surface area (Å²) in [7, 11) is 0. The van der Waals surface area contributed by atoms with Crippen molar-refractivity contribution in [2.24, 2.45) is 0 Å². The van der Waals surface area contributed by atoms with Crippen LogP contribution in [0.5, 0.6) is 0 Å². The van der Waals surface area contributed by atoms with Gasteiger partial charge in [-0.2, -0.15) is 0 Å². The maximum absolute atomic E-state index is 12.3. The lowest BCUT2D eigenvalue weighted by atomic mass is 9.88. The van der Waals surface area contributed by atoms with Crippen LogP contribution in [-0.4, -0.2) is 50.5 Å². The van der Waals surface area contributed by atoms with Crippen molar-refractivity contribution in [1.82, 2.24) is 20.1 Å². The molecule has 0 aromatic carbocycles. The number of aliphatic carboxylic acids is 1. The Morgan fingerprint density at radius 1 is 1.50 bits per heavy atom. The van der Waals surface area contributed by atoms with E-state index in [-0.39, 0.29) is 24.4 Å². The normalized spacial score (nSPS) is 22.3. The molecule has 1 saturated heterocycles. The van der Waals surface area contributed by atoms with Gasteiger partial charge in [0.15, 0.2) is 0 Å². The summed E-state index contributed by atoms with van der Waals surface area (Å²) in [5.74, 6) is -1.42. The molecule has 122 valence electrons. The van der Waals surface area contributed by atoms with Gasteiger partial charge in [-0.1, -0.05) is 0 Å². The molecule has 2 heterocycles. The molecular weight excluding hydrogens is 288 g/mol. The molecule has 1 fully saturated rings. The van der Waals surface area contributed by atoms with E-state index < -0.39 is 17.4 Å². The van der Waals surface area contributed by atoms with Crippen LogP contribution in [0.15, 0.2) is 6.33 Å². The lowest BCUT2D eigenvalue weighted by Gasteiger charge is -2.36. The van der Waals surface area contributed by atoms with E-state index in [1.54, 1.807) is 4.68 Å². The molecule has 1 unspecified atom stereocenters. The number of hydrogen-bond donors (Lipinski definition) is 2. The third kappa shape index (κ3) is 3.82. The fourth-order valence-electron chi connectivity index (χ4n) is 2.41. The van der Waals surface area contributed by atoms with Crippen molar-refractivity contribution in [2.45, 2.75) is 51.1 Å². The summed E-state index contributed by atoms with van der Waals surface area (Å²) in [6.45, 7) is 6.61. The fourth-order valence-corrected chi connectivity index (χ4v) is 2.41. The van der Waals surface area contributed by atoms with E-state index in [0.29, 0.717) is 19.4 Å². The quantitative estimate of drug-likeness (QED) is 0.851. The van der Waals surface area contributed by atoms with E-state index in [2.05, 4.69) is 15.4 Å². The van der Waals surface area contributed by atoms with E-state index in [4.69, 9.17) is 9.84 Å². The molecule has 1 aliphatic heterocycles. The summed E-state index contributed by atoms with van der Waals surface area (Å²) in [5, 5.41) is 16.0. The molecule has 1 amide bonds. The van der Waals surface area contributed by atoms with Gasteiger partial charge in [-0.25, -0.2) is 9.67 Å². The first kappa shape index (κ1) is 16.4. The lowest BCUT2D eigenvalue weighted by Crippen LogP contribution is -2.55. The summed E-state index contributed by atoms with van der Waals surface area (Å²) >= 11 is 0. The summed E-state index contributed by atoms with van der Waals surface area (Å²) < 4.78 is 6.96. The first-order valence-electron chi connectivity index (χ1n) is 7.26. The Kier molecular flexibility index (Phi) is 4.50. The number of carboxylic acids is 1. The van der Waals surface area contributed by atoms with Crippen molar-refractivity contribution in [3.05, 3.63) is 12.2 Å². The Balaban J connectivity index is 2.14. The van der Waals surface area contributed by atoms with Gasteiger partial charge in [0.1, 0.15) is 6.33 Å². The first-order valence-corrected chi connectivity index (χ1v) is 7.26. The predicted molar refractivity (Wildman–Crippen MR) is 77.5 cm³/mol. The minimum Gasteiger partial charge on any atom is -0.481 e. The summed E-state index contributed by atoms with van der Waals surface area (Å²) in [4.78, 5) is 27.4. The lowest BCUT2D eigenvalue weighted by molar-refractivity contribution is -0.140. The molecular formula is C14H22N4O4. The fraction of sp³-hybridized carbons (Fsp3) is 0.714. The molecule has 2 rings (SSSR count). The standard InChI is InChI=1S/C14H22N4O4/c1-13(2,3)18-9-15-11(17-18)12(21)16-14(7-10(19)20)5-4-6-22-8-14/h9H,4-8H2,1-3H3,(H,16,21)(H,19,20). The molecule has 0 radical (unpaired) electrons. The molecule has 0 spiro atoms. The van der Waals surface area contributed by atoms with Crippen molar-refractivity contribution < 1.29 is 19.4 Å². The number of hydrogen-bond acceptors (Lipinski definition) is 5. The molecule has 22 heavy (non-hydrogen) atoms. The van der Waals surface area contributed by atoms with Gasteiger partial charge >= 0.3 is 5.97 Å². The van der Waals surface area contributed by atoms with Crippen molar-refractivity contribution in [1.29, 1.82) is 0 Å². The highest BCUT2D eigenvalue weighted by Gasteiger charge is 2.37. The minimum atomic E-state index is -0.973. The molecule has 1 aliphatic rings. The number of rotatable bonds is 4. The van der Waals surface area contributed by atoms with E-state index >= 15 is 0 Å². The van der Waals surface area contributed by atoms with Crippen LogP contribution < -0.4 is 5.32 Å². The van der Waals surface area contributed by atoms with Crippen molar-refractivity contribution in [3.8, 4) is 0 Å². The average molecular weight is 310 g/mol. The van der Waals surface area contributed by atoms with Crippen LogP contribution >= 0.6 is 0 Å². The number of nitrogens with zero attached hydrogens (tertiary/aromatic N) is 3. The van der Waals surface area contributed by atoms with E-state index in [9.17, 15) is 9.59 Å². The van der Waals surface area contributed by atoms with Crippen LogP contribution in [0.2, 0.25) is 0 Å². The Bertz CT molecular complexity index is 555. The highest BCUT2D eigenvalue weighted by molar-refractivity contribution is 5.91. The Labute approximate surface area is 128 Å². The number of aromatic nitrogens is 3. The van der Waals surface area contributed by atoms with Crippen molar-refractivity contribution in [3.63, 3.8) is 0 Å². The molecule has 2 N–H and O–H groups in total. The van der Waals surface area contributed by atoms with Gasteiger partial charge < -0.3 is 15.2 Å². The topological polar surface area (TPSA) is 106 Å². The van der Waals surface area contributed by atoms with Crippen LogP contribution in [0.25, 0.3) is 0 Å². The highest BCUT2D eigenvalue weighted by atomic mass is 16.5. The molecule has 0 bridgehead atoms. The molecule has 0 aliphatic carbocycles. The van der Waals surface area contributed by atoms with Gasteiger partial charge in [-0.3, -0.25) is 9.59 Å². The third-order valence-electron chi connectivity index (χ3n) is 3.57. The number of nitrogens with one attached hydrogen (secondary N) is 1. The number of carbonyl (C=O) groups excluding carboxylic acids is 1. The van der Waals surface area contributed by atoms with E-state index in [1.807, 2.05) is 20.8 Å². The zero-order valence-electron chi connectivity index (χ0n) is 13.1. The summed E-state index contributed by atoms with van der Waals surface area (Å²) in [5.41, 5.74) is -1.17. The zero-order chi connectivity index (χ0) is 16.4. The van der Waals surface area contributed by atoms with Crippen molar-refractivity contribution >= 4 is 11.9 Å². The Morgan fingerprint density at radius 3 is 2.73 bits per heavy atom. The average Bonchev–Trinajstić information content (AvgIpc) is 2.88. The molecule has 1 aromatic heterocycles. The summed E-state index contributed by atoms with van der Waals surface area (Å²) in [6.07, 6.45) is 2.58. The molecule has 8 nitrogen and oxygen atoms in total. The SMILES string of the molecule is CC(C)(C)n1cnc(C(=O)NC2(CC(=O)O)CCCOC2)n1. The number of amides is 1. The molecule has 0 saturated carbocycles. The first-order chi connectivity index (χ1) is 10.2. The van der Waals surface area contributed by atoms with Crippen LogP contribution in [0.4, 0.5) is 0 Å². The second kappa shape index (κ2) is 6.04. The van der Waals surface area contributed by atoms with Gasteiger partial charge in [-0.05, 0) is 33.6 Å². The minimum absolute atomic E-state index is 0.0327. The maximum Gasteiger partial charge on any atom is 0.305 e. The van der Waals surface area contributed by atoms with Gasteiger partial charge in [0.05, 0.1) is 24.1 Å². The van der Waals surface area contributed by atoms with Crippen LogP contribution in [0.1, 0.15) is 50.7 Å². The van der Waals surface area contributed by atoms with Gasteiger partial charge in [0, 0.05) is 6.61 Å². The Morgan fingerprint density at radius 2 is 2.23 bits per heavy atom. The highest BCUT2D eigenvalue weighted by Crippen LogP contribution is 2.23. The maximum atomic E-state index is 12.3. The predicted octanol–water partition coefficient (Wildman–Crippen LogP) is 0.787. The number of carboxylic acid groups (broad SMARTS) is 1. The monoisotopic (exact) mass is 310 g/mol. The van der Waals surface area contributed by atoms with Gasteiger partial charge in [-0.15, -0.1) is 5.10 Å². The summed E-state index contributed by atoms with van der Waals surface area (Å²) in [6, 6.07) is 0. The Hall–Kier alpha value is -1.96. The van der Waals surface area contributed by atoms with E-state index in [0.717, 1.165) is 0 Å². The number of ether oxygens (including phenoxy) is 1. The van der Waals surface area contributed by atoms with Crippen LogP contribution in [0, 0.1) is 0 Å². The largest absolute Gasteiger partial charge is 0.481 e. The second-order valence-electron chi connectivity index (χ2n) is 6.64. The van der Waals surface area contributed by atoms with Crippen molar-refractivity contribution in [2.75, 3.05) is 13.2 Å². The van der Waals surface area contributed by atoms with E-state index in [1.165, 1.54) is 6.33 Å². The van der Waals surface area contributed by atoms with Crippen LogP contribution in [0.3, 0.4) is 0 Å². The molecule has 1 atom stereocenters. The van der Waals surface area contributed by atoms with Crippen LogP contribution in [-0.2, 0) is 15.1 Å². The third-order valence-corrected chi connectivity index (χ3v) is 3.57.